The van der Waals surface area contributed by atoms with E-state index in [1.54, 1.807) is 6.92 Å². The molecule has 1 saturated heterocycles. The summed E-state index contributed by atoms with van der Waals surface area (Å²) in [5.41, 5.74) is 1.86. The third kappa shape index (κ3) is 3.27. The molecule has 1 amide bonds. The molecule has 1 aromatic rings. The minimum absolute atomic E-state index is 0.0647. The first-order chi connectivity index (χ1) is 9.28. The van der Waals surface area contributed by atoms with Crippen LogP contribution in [0.2, 0.25) is 0 Å². The minimum atomic E-state index is -3.07. The van der Waals surface area contributed by atoms with Crippen molar-refractivity contribution in [2.75, 3.05) is 11.5 Å². The maximum Gasteiger partial charge on any atom is 0.253 e. The molecule has 1 fully saturated rings. The van der Waals surface area contributed by atoms with Crippen molar-refractivity contribution in [2.45, 2.75) is 26.8 Å². The molecule has 6 nitrogen and oxygen atoms in total. The highest BCUT2D eigenvalue weighted by Gasteiger charge is 2.32. The van der Waals surface area contributed by atoms with E-state index >= 15 is 0 Å². The molecule has 1 aliphatic heterocycles. The van der Waals surface area contributed by atoms with Gasteiger partial charge in [0.05, 0.1) is 17.4 Å². The SMILES string of the molecule is Cc1cc(C)c(CNC(=O)C2CCS(=O)(=O)C2)c(=O)[nH]1. The Morgan fingerprint density at radius 3 is 2.70 bits per heavy atom. The first-order valence-corrected chi connectivity index (χ1v) is 8.28. The van der Waals surface area contributed by atoms with Crippen LogP contribution in [0.5, 0.6) is 0 Å². The van der Waals surface area contributed by atoms with Crippen LogP contribution in [0.1, 0.15) is 23.2 Å². The van der Waals surface area contributed by atoms with Crippen LogP contribution in [0.3, 0.4) is 0 Å². The van der Waals surface area contributed by atoms with Gasteiger partial charge >= 0.3 is 0 Å². The van der Waals surface area contributed by atoms with Crippen molar-refractivity contribution < 1.29 is 13.2 Å². The fraction of sp³-hybridized carbons (Fsp3) is 0.538. The number of pyridine rings is 1. The van der Waals surface area contributed by atoms with Gasteiger partial charge < -0.3 is 10.3 Å². The van der Waals surface area contributed by atoms with E-state index in [9.17, 15) is 18.0 Å². The fourth-order valence-corrected chi connectivity index (χ4v) is 4.16. The molecule has 0 saturated carbocycles. The molecular weight excluding hydrogens is 280 g/mol. The lowest BCUT2D eigenvalue weighted by Gasteiger charge is -2.11. The lowest BCUT2D eigenvalue weighted by Crippen LogP contribution is -2.33. The van der Waals surface area contributed by atoms with Gasteiger partial charge in [-0.15, -0.1) is 0 Å². The van der Waals surface area contributed by atoms with Gasteiger partial charge in [0.2, 0.25) is 5.91 Å². The Bertz CT molecular complexity index is 691. The largest absolute Gasteiger partial charge is 0.352 e. The molecule has 0 bridgehead atoms. The second-order valence-corrected chi connectivity index (χ2v) is 7.49. The third-order valence-corrected chi connectivity index (χ3v) is 5.30. The van der Waals surface area contributed by atoms with Gasteiger partial charge in [0.15, 0.2) is 9.84 Å². The van der Waals surface area contributed by atoms with E-state index in [-0.39, 0.29) is 29.5 Å². The lowest BCUT2D eigenvalue weighted by atomic mass is 10.1. The predicted octanol–water partition coefficient (Wildman–Crippen LogP) is 0.0426. The topological polar surface area (TPSA) is 96.1 Å². The number of carbonyl (C=O) groups excluding carboxylic acids is 1. The van der Waals surface area contributed by atoms with Gasteiger partial charge in [-0.1, -0.05) is 0 Å². The smallest absolute Gasteiger partial charge is 0.253 e. The second-order valence-electron chi connectivity index (χ2n) is 5.26. The summed E-state index contributed by atoms with van der Waals surface area (Å²) in [6.45, 7) is 3.72. The van der Waals surface area contributed by atoms with Gasteiger partial charge in [-0.2, -0.15) is 0 Å². The van der Waals surface area contributed by atoms with Crippen LogP contribution in [0.15, 0.2) is 10.9 Å². The zero-order chi connectivity index (χ0) is 14.9. The Hall–Kier alpha value is -1.63. The standard InChI is InChI=1S/C13H18N2O4S/c1-8-5-9(2)15-13(17)11(8)6-14-12(16)10-3-4-20(18,19)7-10/h5,10H,3-4,6-7H2,1-2H3,(H,14,16)(H,15,17). The van der Waals surface area contributed by atoms with Gasteiger partial charge in [0.25, 0.3) is 5.56 Å². The lowest BCUT2D eigenvalue weighted by molar-refractivity contribution is -0.124. The molecule has 0 aromatic carbocycles. The number of hydrogen-bond donors (Lipinski definition) is 2. The summed E-state index contributed by atoms with van der Waals surface area (Å²) in [5, 5.41) is 2.66. The summed E-state index contributed by atoms with van der Waals surface area (Å²) in [5.74, 6) is -0.826. The number of aromatic amines is 1. The molecule has 7 heteroatoms. The van der Waals surface area contributed by atoms with Crippen molar-refractivity contribution in [1.82, 2.24) is 10.3 Å². The molecule has 2 N–H and O–H groups in total. The maximum atomic E-state index is 11.9. The van der Waals surface area contributed by atoms with E-state index < -0.39 is 15.8 Å². The van der Waals surface area contributed by atoms with E-state index in [1.165, 1.54) is 0 Å². The maximum absolute atomic E-state index is 11.9. The molecule has 2 rings (SSSR count). The number of nitrogens with one attached hydrogen (secondary N) is 2. The average molecular weight is 298 g/mol. The van der Waals surface area contributed by atoms with Crippen molar-refractivity contribution in [3.05, 3.63) is 33.2 Å². The van der Waals surface area contributed by atoms with Crippen molar-refractivity contribution in [2.24, 2.45) is 5.92 Å². The van der Waals surface area contributed by atoms with Crippen LogP contribution in [0.25, 0.3) is 0 Å². The fourth-order valence-electron chi connectivity index (χ4n) is 2.42. The molecule has 1 aliphatic rings. The van der Waals surface area contributed by atoms with Crippen molar-refractivity contribution >= 4 is 15.7 Å². The van der Waals surface area contributed by atoms with Crippen molar-refractivity contribution in [3.63, 3.8) is 0 Å². The predicted molar refractivity (Wildman–Crippen MR) is 75.1 cm³/mol. The molecular formula is C13H18N2O4S. The molecule has 1 atom stereocenters. The highest BCUT2D eigenvalue weighted by atomic mass is 32.2. The van der Waals surface area contributed by atoms with E-state index in [2.05, 4.69) is 10.3 Å². The molecule has 0 radical (unpaired) electrons. The van der Waals surface area contributed by atoms with Gasteiger partial charge in [0, 0.05) is 17.8 Å². The van der Waals surface area contributed by atoms with Crippen LogP contribution >= 0.6 is 0 Å². The van der Waals surface area contributed by atoms with E-state index in [0.717, 1.165) is 11.3 Å². The number of aryl methyl sites for hydroxylation is 2. The monoisotopic (exact) mass is 298 g/mol. The van der Waals surface area contributed by atoms with Crippen LogP contribution < -0.4 is 10.9 Å². The van der Waals surface area contributed by atoms with Crippen molar-refractivity contribution in [1.29, 1.82) is 0 Å². The summed E-state index contributed by atoms with van der Waals surface area (Å²) < 4.78 is 22.7. The molecule has 0 aliphatic carbocycles. The second kappa shape index (κ2) is 5.40. The normalized spacial score (nSPS) is 20.8. The van der Waals surface area contributed by atoms with Crippen LogP contribution in [0.4, 0.5) is 0 Å². The Kier molecular flexibility index (Phi) is 3.99. The van der Waals surface area contributed by atoms with Crippen molar-refractivity contribution in [3.8, 4) is 0 Å². The van der Waals surface area contributed by atoms with E-state index in [4.69, 9.17) is 0 Å². The third-order valence-electron chi connectivity index (χ3n) is 3.54. The summed E-state index contributed by atoms with van der Waals surface area (Å²) in [4.78, 5) is 26.4. The van der Waals surface area contributed by atoms with Gasteiger partial charge in [-0.25, -0.2) is 8.42 Å². The molecule has 0 spiro atoms. The Labute approximate surface area is 117 Å². The molecule has 1 aromatic heterocycles. The van der Waals surface area contributed by atoms with Crippen LogP contribution in [-0.2, 0) is 21.2 Å². The Morgan fingerprint density at radius 1 is 1.45 bits per heavy atom. The number of amides is 1. The van der Waals surface area contributed by atoms with Gasteiger partial charge in [-0.3, -0.25) is 9.59 Å². The molecule has 2 heterocycles. The minimum Gasteiger partial charge on any atom is -0.352 e. The molecule has 20 heavy (non-hydrogen) atoms. The number of aromatic nitrogens is 1. The summed E-state index contributed by atoms with van der Waals surface area (Å²) in [6.07, 6.45) is 0.359. The number of H-pyrrole nitrogens is 1. The average Bonchev–Trinajstić information content (AvgIpc) is 2.68. The van der Waals surface area contributed by atoms with Crippen LogP contribution in [0, 0.1) is 19.8 Å². The first-order valence-electron chi connectivity index (χ1n) is 6.46. The summed E-state index contributed by atoms with van der Waals surface area (Å²) >= 11 is 0. The zero-order valence-electron chi connectivity index (χ0n) is 11.5. The number of hydrogen-bond acceptors (Lipinski definition) is 4. The number of sulfone groups is 1. The first kappa shape index (κ1) is 14.8. The zero-order valence-corrected chi connectivity index (χ0v) is 12.3. The number of rotatable bonds is 3. The highest BCUT2D eigenvalue weighted by Crippen LogP contribution is 2.18. The summed E-state index contributed by atoms with van der Waals surface area (Å²) in [6, 6.07) is 1.84. The van der Waals surface area contributed by atoms with Gasteiger partial charge in [0.1, 0.15) is 0 Å². The quantitative estimate of drug-likeness (QED) is 0.823. The Morgan fingerprint density at radius 2 is 2.15 bits per heavy atom. The van der Waals surface area contributed by atoms with E-state index in [0.29, 0.717) is 12.0 Å². The van der Waals surface area contributed by atoms with Crippen LogP contribution in [-0.4, -0.2) is 30.8 Å². The Balaban J connectivity index is 2.03. The highest BCUT2D eigenvalue weighted by molar-refractivity contribution is 7.91. The number of carbonyl (C=O) groups is 1. The van der Waals surface area contributed by atoms with Gasteiger partial charge in [-0.05, 0) is 31.9 Å². The molecule has 1 unspecified atom stereocenters. The molecule has 110 valence electrons. The van der Waals surface area contributed by atoms with E-state index in [1.807, 2.05) is 13.0 Å². The summed E-state index contributed by atoms with van der Waals surface area (Å²) in [7, 11) is -3.07.